The van der Waals surface area contributed by atoms with Crippen LogP contribution in [0.25, 0.3) is 0 Å². The lowest BCUT2D eigenvalue weighted by molar-refractivity contribution is 0.235. The van der Waals surface area contributed by atoms with Gasteiger partial charge in [0.2, 0.25) is 0 Å². The second kappa shape index (κ2) is 6.66. The number of nitrogens with two attached hydrogens (primary N) is 1. The Kier molecular flexibility index (Phi) is 5.48. The molecule has 0 bridgehead atoms. The highest BCUT2D eigenvalue weighted by molar-refractivity contribution is 5.61. The summed E-state index contributed by atoms with van der Waals surface area (Å²) >= 11 is 0. The zero-order valence-corrected chi connectivity index (χ0v) is 12.4. The number of benzene rings is 1. The van der Waals surface area contributed by atoms with Crippen LogP contribution in [0.15, 0.2) is 18.2 Å². The lowest BCUT2D eigenvalue weighted by Crippen LogP contribution is -2.34. The highest BCUT2D eigenvalue weighted by Crippen LogP contribution is 2.29. The van der Waals surface area contributed by atoms with Gasteiger partial charge in [0.05, 0.1) is 12.3 Å². The van der Waals surface area contributed by atoms with Gasteiger partial charge in [0.1, 0.15) is 5.75 Å². The van der Waals surface area contributed by atoms with Crippen LogP contribution < -0.4 is 15.8 Å². The third kappa shape index (κ3) is 4.63. The first-order chi connectivity index (χ1) is 8.88. The van der Waals surface area contributed by atoms with Crippen LogP contribution in [0.4, 0.5) is 11.4 Å². The summed E-state index contributed by atoms with van der Waals surface area (Å²) in [6.07, 6.45) is 0.706. The van der Waals surface area contributed by atoms with E-state index < -0.39 is 0 Å². The van der Waals surface area contributed by atoms with Gasteiger partial charge < -0.3 is 20.9 Å². The maximum atomic E-state index is 9.18. The molecular weight excluding hydrogens is 240 g/mol. The Labute approximate surface area is 116 Å². The van der Waals surface area contributed by atoms with Gasteiger partial charge in [-0.05, 0) is 30.9 Å². The number of nitrogen functional groups attached to an aromatic ring is 1. The zero-order valence-electron chi connectivity index (χ0n) is 12.4. The van der Waals surface area contributed by atoms with Crippen LogP contribution in [0.5, 0.6) is 5.75 Å². The summed E-state index contributed by atoms with van der Waals surface area (Å²) in [6.45, 7) is 9.15. The number of ether oxygens (including phenoxy) is 1. The lowest BCUT2D eigenvalue weighted by Gasteiger charge is -2.32. The summed E-state index contributed by atoms with van der Waals surface area (Å²) in [7, 11) is 0. The van der Waals surface area contributed by atoms with Crippen molar-refractivity contribution in [2.45, 2.75) is 40.2 Å². The van der Waals surface area contributed by atoms with Crippen molar-refractivity contribution in [2.75, 3.05) is 24.3 Å². The Bertz CT molecular complexity index is 400. The van der Waals surface area contributed by atoms with Gasteiger partial charge in [-0.3, -0.25) is 0 Å². The first kappa shape index (κ1) is 15.6. The lowest BCUT2D eigenvalue weighted by atomic mass is 9.85. The SMILES string of the molecule is CCOc1cc(NC(CCO)C(C)(C)C)ccc1N. The van der Waals surface area contributed by atoms with Gasteiger partial charge in [-0.15, -0.1) is 0 Å². The fourth-order valence-electron chi connectivity index (χ4n) is 1.96. The van der Waals surface area contributed by atoms with Crippen molar-refractivity contribution in [3.63, 3.8) is 0 Å². The van der Waals surface area contributed by atoms with Gasteiger partial charge in [0.25, 0.3) is 0 Å². The van der Waals surface area contributed by atoms with Gasteiger partial charge in [-0.2, -0.15) is 0 Å². The number of nitrogens with one attached hydrogen (secondary N) is 1. The molecule has 19 heavy (non-hydrogen) atoms. The predicted octanol–water partition coefficient (Wildman–Crippen LogP) is 2.88. The number of hydrogen-bond donors (Lipinski definition) is 3. The molecule has 0 aliphatic rings. The van der Waals surface area contributed by atoms with E-state index in [1.165, 1.54) is 0 Å². The van der Waals surface area contributed by atoms with Crippen molar-refractivity contribution in [2.24, 2.45) is 5.41 Å². The maximum Gasteiger partial charge on any atom is 0.144 e. The largest absolute Gasteiger partial charge is 0.492 e. The van der Waals surface area contributed by atoms with E-state index in [1.54, 1.807) is 0 Å². The standard InChI is InChI=1S/C15H26N2O2/c1-5-19-13-10-11(6-7-12(13)16)17-14(8-9-18)15(2,3)4/h6-7,10,14,17-18H,5,8-9,16H2,1-4H3. The molecule has 0 heterocycles. The number of aliphatic hydroxyl groups excluding tert-OH is 1. The zero-order chi connectivity index (χ0) is 14.5. The molecule has 4 heteroatoms. The van der Waals surface area contributed by atoms with Gasteiger partial charge in [-0.1, -0.05) is 20.8 Å². The molecule has 0 spiro atoms. The van der Waals surface area contributed by atoms with Crippen molar-refractivity contribution in [1.82, 2.24) is 0 Å². The number of rotatable bonds is 6. The molecule has 0 radical (unpaired) electrons. The van der Waals surface area contributed by atoms with Gasteiger partial charge in [0, 0.05) is 24.4 Å². The molecule has 1 atom stereocenters. The van der Waals surface area contributed by atoms with Crippen molar-refractivity contribution in [1.29, 1.82) is 0 Å². The maximum absolute atomic E-state index is 9.18. The highest BCUT2D eigenvalue weighted by atomic mass is 16.5. The molecule has 0 amide bonds. The van der Waals surface area contributed by atoms with E-state index in [2.05, 4.69) is 26.1 Å². The average molecular weight is 266 g/mol. The fourth-order valence-corrected chi connectivity index (χ4v) is 1.96. The molecule has 108 valence electrons. The van der Waals surface area contributed by atoms with E-state index in [9.17, 15) is 5.11 Å². The average Bonchev–Trinajstić information content (AvgIpc) is 2.32. The quantitative estimate of drug-likeness (QED) is 0.693. The Balaban J connectivity index is 2.87. The summed E-state index contributed by atoms with van der Waals surface area (Å²) in [5, 5.41) is 12.6. The van der Waals surface area contributed by atoms with E-state index in [4.69, 9.17) is 10.5 Å². The van der Waals surface area contributed by atoms with Crippen LogP contribution in [-0.2, 0) is 0 Å². The predicted molar refractivity (Wildman–Crippen MR) is 80.6 cm³/mol. The summed E-state index contributed by atoms with van der Waals surface area (Å²) in [6, 6.07) is 5.88. The van der Waals surface area contributed by atoms with Gasteiger partial charge in [0.15, 0.2) is 0 Å². The third-order valence-corrected chi connectivity index (χ3v) is 3.12. The van der Waals surface area contributed by atoms with Crippen molar-refractivity contribution in [3.05, 3.63) is 18.2 Å². The van der Waals surface area contributed by atoms with Crippen LogP contribution in [0.3, 0.4) is 0 Å². The molecule has 1 aromatic carbocycles. The number of aliphatic hydroxyl groups is 1. The molecule has 1 rings (SSSR count). The Morgan fingerprint density at radius 1 is 1.37 bits per heavy atom. The monoisotopic (exact) mass is 266 g/mol. The van der Waals surface area contributed by atoms with E-state index in [1.807, 2.05) is 25.1 Å². The first-order valence-electron chi connectivity index (χ1n) is 6.78. The minimum Gasteiger partial charge on any atom is -0.492 e. The molecule has 1 aromatic rings. The second-order valence-corrected chi connectivity index (χ2v) is 5.76. The van der Waals surface area contributed by atoms with E-state index >= 15 is 0 Å². The van der Waals surface area contributed by atoms with E-state index in [0.29, 0.717) is 24.5 Å². The molecule has 0 aliphatic carbocycles. The molecule has 0 aliphatic heterocycles. The van der Waals surface area contributed by atoms with E-state index in [-0.39, 0.29) is 18.1 Å². The van der Waals surface area contributed by atoms with Crippen molar-refractivity contribution < 1.29 is 9.84 Å². The van der Waals surface area contributed by atoms with Crippen molar-refractivity contribution in [3.8, 4) is 5.75 Å². The highest BCUT2D eigenvalue weighted by Gasteiger charge is 2.24. The Morgan fingerprint density at radius 2 is 2.05 bits per heavy atom. The number of hydrogen-bond acceptors (Lipinski definition) is 4. The summed E-state index contributed by atoms with van der Waals surface area (Å²) in [4.78, 5) is 0. The second-order valence-electron chi connectivity index (χ2n) is 5.76. The van der Waals surface area contributed by atoms with Crippen LogP contribution in [0.1, 0.15) is 34.1 Å². The minimum atomic E-state index is 0.0654. The molecule has 0 fully saturated rings. The van der Waals surface area contributed by atoms with Crippen LogP contribution >= 0.6 is 0 Å². The summed E-state index contributed by atoms with van der Waals surface area (Å²) in [5.41, 5.74) is 7.53. The molecule has 0 saturated carbocycles. The Morgan fingerprint density at radius 3 is 2.58 bits per heavy atom. The molecule has 4 N–H and O–H groups in total. The summed E-state index contributed by atoms with van der Waals surface area (Å²) in [5.74, 6) is 0.698. The van der Waals surface area contributed by atoms with Crippen LogP contribution in [0.2, 0.25) is 0 Å². The third-order valence-electron chi connectivity index (χ3n) is 3.12. The number of anilines is 2. The van der Waals surface area contributed by atoms with Crippen molar-refractivity contribution >= 4 is 11.4 Å². The Hall–Kier alpha value is -1.42. The molecule has 1 unspecified atom stereocenters. The summed E-state index contributed by atoms with van der Waals surface area (Å²) < 4.78 is 5.49. The first-order valence-corrected chi connectivity index (χ1v) is 6.78. The van der Waals surface area contributed by atoms with Crippen LogP contribution in [0, 0.1) is 5.41 Å². The van der Waals surface area contributed by atoms with Crippen LogP contribution in [-0.4, -0.2) is 24.4 Å². The molecule has 0 saturated heterocycles. The minimum absolute atomic E-state index is 0.0654. The van der Waals surface area contributed by atoms with Gasteiger partial charge in [-0.25, -0.2) is 0 Å². The topological polar surface area (TPSA) is 67.5 Å². The molecule has 4 nitrogen and oxygen atoms in total. The fraction of sp³-hybridized carbons (Fsp3) is 0.600. The molecular formula is C15H26N2O2. The normalized spacial score (nSPS) is 13.1. The molecule has 0 aromatic heterocycles. The van der Waals surface area contributed by atoms with E-state index in [0.717, 1.165) is 5.69 Å². The smallest absolute Gasteiger partial charge is 0.144 e. The van der Waals surface area contributed by atoms with Gasteiger partial charge >= 0.3 is 0 Å².